The zero-order chi connectivity index (χ0) is 12.4. The highest BCUT2D eigenvalue weighted by Gasteiger charge is 2.09. The third-order valence-electron chi connectivity index (χ3n) is 1.82. The van der Waals surface area contributed by atoms with Crippen LogP contribution in [0.3, 0.4) is 0 Å². The quantitative estimate of drug-likeness (QED) is 0.580. The van der Waals surface area contributed by atoms with Crippen LogP contribution in [0.1, 0.15) is 26.7 Å². The monoisotopic (exact) mass is 248 g/mol. The number of aliphatic hydroxyl groups is 1. The summed E-state index contributed by atoms with van der Waals surface area (Å²) >= 11 is 1.31. The van der Waals surface area contributed by atoms with Crippen molar-refractivity contribution in [1.29, 1.82) is 0 Å². The van der Waals surface area contributed by atoms with Crippen molar-refractivity contribution in [3.8, 4) is 0 Å². The van der Waals surface area contributed by atoms with Gasteiger partial charge in [0.05, 0.1) is 12.4 Å². The van der Waals surface area contributed by atoms with Gasteiger partial charge in [-0.3, -0.25) is 10.1 Å². The lowest BCUT2D eigenvalue weighted by Gasteiger charge is -2.08. The van der Waals surface area contributed by atoms with E-state index in [0.717, 1.165) is 12.8 Å². The highest BCUT2D eigenvalue weighted by molar-refractivity contribution is 8.00. The van der Waals surface area contributed by atoms with Crippen molar-refractivity contribution >= 4 is 23.7 Å². The minimum Gasteiger partial charge on any atom is -0.395 e. The highest BCUT2D eigenvalue weighted by Crippen LogP contribution is 2.07. The molecule has 0 fully saturated rings. The van der Waals surface area contributed by atoms with Gasteiger partial charge in [0.15, 0.2) is 0 Å². The number of hydrogen-bond acceptors (Lipinski definition) is 4. The van der Waals surface area contributed by atoms with E-state index in [1.54, 1.807) is 0 Å². The molecular weight excluding hydrogens is 228 g/mol. The van der Waals surface area contributed by atoms with Gasteiger partial charge >= 0.3 is 6.03 Å². The first-order valence-corrected chi connectivity index (χ1v) is 6.45. The summed E-state index contributed by atoms with van der Waals surface area (Å²) in [7, 11) is 0. The molecule has 0 spiro atoms. The van der Waals surface area contributed by atoms with E-state index in [1.165, 1.54) is 11.8 Å². The zero-order valence-corrected chi connectivity index (χ0v) is 10.6. The molecule has 0 aliphatic heterocycles. The zero-order valence-electron chi connectivity index (χ0n) is 9.78. The summed E-state index contributed by atoms with van der Waals surface area (Å²) in [6, 6.07) is -0.448. The molecule has 0 aromatic heterocycles. The number of aliphatic hydroxyl groups excluding tert-OH is 1. The number of unbranched alkanes of at least 4 members (excludes halogenated alkanes) is 1. The lowest BCUT2D eigenvalue weighted by molar-refractivity contribution is -0.117. The van der Waals surface area contributed by atoms with Crippen molar-refractivity contribution in [2.45, 2.75) is 31.9 Å². The maximum atomic E-state index is 11.2. The molecule has 0 radical (unpaired) electrons. The highest BCUT2D eigenvalue weighted by atomic mass is 32.2. The maximum Gasteiger partial charge on any atom is 0.321 e. The molecule has 6 heteroatoms. The van der Waals surface area contributed by atoms with Crippen LogP contribution >= 0.6 is 11.8 Å². The van der Waals surface area contributed by atoms with Crippen molar-refractivity contribution in [3.63, 3.8) is 0 Å². The summed E-state index contributed by atoms with van der Waals surface area (Å²) in [5.74, 6) is -0.151. The molecule has 3 amide bonds. The number of rotatable bonds is 7. The molecule has 5 nitrogen and oxygen atoms in total. The van der Waals surface area contributed by atoms with Gasteiger partial charge in [-0.15, -0.1) is 11.8 Å². The van der Waals surface area contributed by atoms with Crippen molar-refractivity contribution in [3.05, 3.63) is 0 Å². The molecule has 0 saturated carbocycles. The van der Waals surface area contributed by atoms with Crippen molar-refractivity contribution in [2.24, 2.45) is 0 Å². The number of carbonyl (C=O) groups excluding carboxylic acids is 2. The predicted molar refractivity (Wildman–Crippen MR) is 65.5 cm³/mol. The number of carbonyl (C=O) groups is 2. The lowest BCUT2D eigenvalue weighted by Crippen LogP contribution is -2.40. The normalized spacial score (nSPS) is 11.9. The van der Waals surface area contributed by atoms with Gasteiger partial charge in [-0.05, 0) is 6.42 Å². The number of nitrogens with one attached hydrogen (secondary N) is 2. The standard InChI is InChI=1S/C10H20N2O3S/c1-3-4-5-11-10(15)12-9(14)7-16-8(2)6-13/h8,13H,3-7H2,1-2H3,(H2,11,12,14,15). The maximum absolute atomic E-state index is 11.2. The Labute approximate surface area is 100 Å². The van der Waals surface area contributed by atoms with E-state index < -0.39 is 6.03 Å². The predicted octanol–water partition coefficient (Wildman–Crippen LogP) is 0.726. The summed E-state index contributed by atoms with van der Waals surface area (Å²) in [6.45, 7) is 4.45. The average Bonchev–Trinajstić information content (AvgIpc) is 2.26. The van der Waals surface area contributed by atoms with E-state index in [9.17, 15) is 9.59 Å². The Morgan fingerprint density at radius 1 is 1.44 bits per heavy atom. The third kappa shape index (κ3) is 8.55. The van der Waals surface area contributed by atoms with E-state index in [0.29, 0.717) is 6.54 Å². The smallest absolute Gasteiger partial charge is 0.321 e. The van der Waals surface area contributed by atoms with Gasteiger partial charge in [-0.2, -0.15) is 0 Å². The van der Waals surface area contributed by atoms with Crippen LogP contribution in [-0.2, 0) is 4.79 Å². The number of amides is 3. The first-order chi connectivity index (χ1) is 7.60. The Hall–Kier alpha value is -0.750. The summed E-state index contributed by atoms with van der Waals surface area (Å²) in [5, 5.41) is 13.6. The minimum atomic E-state index is -0.448. The Kier molecular flexibility index (Phi) is 9.03. The molecule has 0 aromatic carbocycles. The van der Waals surface area contributed by atoms with Crippen molar-refractivity contribution in [2.75, 3.05) is 18.9 Å². The molecule has 94 valence electrons. The molecule has 0 bridgehead atoms. The fraction of sp³-hybridized carbons (Fsp3) is 0.800. The molecule has 0 aliphatic rings. The summed E-state index contributed by atoms with van der Waals surface area (Å²) in [6.07, 6.45) is 1.90. The summed E-state index contributed by atoms with van der Waals surface area (Å²) < 4.78 is 0. The van der Waals surface area contributed by atoms with E-state index >= 15 is 0 Å². The minimum absolute atomic E-state index is 0.00824. The van der Waals surface area contributed by atoms with Crippen LogP contribution < -0.4 is 10.6 Å². The number of urea groups is 1. The number of thioether (sulfide) groups is 1. The van der Waals surface area contributed by atoms with E-state index in [1.807, 2.05) is 13.8 Å². The van der Waals surface area contributed by atoms with Crippen molar-refractivity contribution < 1.29 is 14.7 Å². The second-order valence-corrected chi connectivity index (χ2v) is 4.89. The molecule has 16 heavy (non-hydrogen) atoms. The second-order valence-electron chi connectivity index (χ2n) is 3.46. The molecule has 1 unspecified atom stereocenters. The Morgan fingerprint density at radius 2 is 2.12 bits per heavy atom. The second kappa shape index (κ2) is 9.47. The van der Waals surface area contributed by atoms with Gasteiger partial charge in [-0.1, -0.05) is 20.3 Å². The Balaban J connectivity index is 3.58. The van der Waals surface area contributed by atoms with Gasteiger partial charge < -0.3 is 10.4 Å². The fourth-order valence-corrected chi connectivity index (χ4v) is 1.47. The van der Waals surface area contributed by atoms with Crippen LogP contribution in [-0.4, -0.2) is 41.2 Å². The van der Waals surface area contributed by atoms with Crippen LogP contribution in [0.2, 0.25) is 0 Å². The summed E-state index contributed by atoms with van der Waals surface area (Å²) in [5.41, 5.74) is 0. The molecule has 0 saturated heterocycles. The number of hydrogen-bond donors (Lipinski definition) is 3. The van der Waals surface area contributed by atoms with Gasteiger partial charge in [0.2, 0.25) is 5.91 Å². The van der Waals surface area contributed by atoms with Crippen molar-refractivity contribution in [1.82, 2.24) is 10.6 Å². The molecule has 1 atom stereocenters. The topological polar surface area (TPSA) is 78.4 Å². The Bertz CT molecular complexity index is 224. The first kappa shape index (κ1) is 15.2. The molecule has 0 aromatic rings. The molecule has 0 rings (SSSR count). The van der Waals surface area contributed by atoms with E-state index in [4.69, 9.17) is 5.11 Å². The molecule has 3 N–H and O–H groups in total. The van der Waals surface area contributed by atoms with Crippen LogP contribution in [0.15, 0.2) is 0 Å². The van der Waals surface area contributed by atoms with Gasteiger partial charge in [0.1, 0.15) is 0 Å². The van der Waals surface area contributed by atoms with Crippen LogP contribution in [0.4, 0.5) is 4.79 Å². The van der Waals surface area contributed by atoms with Gasteiger partial charge in [0.25, 0.3) is 0 Å². The van der Waals surface area contributed by atoms with Crippen LogP contribution in [0.5, 0.6) is 0 Å². The molecular formula is C10H20N2O3S. The van der Waals surface area contributed by atoms with Gasteiger partial charge in [-0.25, -0.2) is 4.79 Å². The lowest BCUT2D eigenvalue weighted by atomic mass is 10.3. The van der Waals surface area contributed by atoms with E-state index in [2.05, 4.69) is 10.6 Å². The third-order valence-corrected chi connectivity index (χ3v) is 2.97. The largest absolute Gasteiger partial charge is 0.395 e. The molecule has 0 heterocycles. The summed E-state index contributed by atoms with van der Waals surface area (Å²) in [4.78, 5) is 22.4. The van der Waals surface area contributed by atoms with Crippen LogP contribution in [0.25, 0.3) is 0 Å². The van der Waals surface area contributed by atoms with E-state index in [-0.39, 0.29) is 23.5 Å². The van der Waals surface area contributed by atoms with Crippen LogP contribution in [0, 0.1) is 0 Å². The number of imide groups is 1. The fourth-order valence-electron chi connectivity index (χ4n) is 0.856. The van der Waals surface area contributed by atoms with Gasteiger partial charge in [0, 0.05) is 11.8 Å². The SMILES string of the molecule is CCCCNC(=O)NC(=O)CSC(C)CO. The molecule has 0 aliphatic carbocycles. The Morgan fingerprint density at radius 3 is 2.69 bits per heavy atom. The first-order valence-electron chi connectivity index (χ1n) is 5.40. The average molecular weight is 248 g/mol.